The monoisotopic (exact) mass is 234 g/mol. The van der Waals surface area contributed by atoms with Crippen molar-refractivity contribution in [1.82, 2.24) is 0 Å². The van der Waals surface area contributed by atoms with E-state index >= 15 is 0 Å². The van der Waals surface area contributed by atoms with Gasteiger partial charge in [-0.2, -0.15) is 0 Å². The molecule has 1 N–H and O–H groups in total. The van der Waals surface area contributed by atoms with Crippen LogP contribution in [0.4, 0.5) is 0 Å². The van der Waals surface area contributed by atoms with Crippen LogP contribution in [0.15, 0.2) is 0 Å². The molecule has 1 fully saturated rings. The number of rotatable bonds is 3. The zero-order chi connectivity index (χ0) is 11.6. The van der Waals surface area contributed by atoms with Gasteiger partial charge in [0.25, 0.3) is 0 Å². The maximum Gasteiger partial charge on any atom is 0.150 e. The topological polar surface area (TPSA) is 54.4 Å². The Labute approximate surface area is 92.8 Å². The molecule has 1 saturated carbocycles. The molecule has 0 amide bonds. The zero-order valence-electron chi connectivity index (χ0n) is 9.81. The summed E-state index contributed by atoms with van der Waals surface area (Å²) in [5, 5.41) is 9.87. The van der Waals surface area contributed by atoms with E-state index in [1.807, 2.05) is 0 Å². The van der Waals surface area contributed by atoms with Gasteiger partial charge in [0.1, 0.15) is 9.84 Å². The first-order chi connectivity index (χ1) is 6.78. The van der Waals surface area contributed by atoms with Crippen LogP contribution in [-0.2, 0) is 9.84 Å². The Kier molecular flexibility index (Phi) is 4.18. The molecule has 3 atom stereocenters. The summed E-state index contributed by atoms with van der Waals surface area (Å²) in [5.74, 6) is 1.29. The van der Waals surface area contributed by atoms with E-state index in [0.29, 0.717) is 11.8 Å². The molecule has 0 saturated heterocycles. The van der Waals surface area contributed by atoms with E-state index in [1.54, 1.807) is 0 Å². The summed E-state index contributed by atoms with van der Waals surface area (Å²) in [4.78, 5) is 0. The van der Waals surface area contributed by atoms with Gasteiger partial charge in [-0.1, -0.05) is 13.8 Å². The lowest BCUT2D eigenvalue weighted by atomic mass is 9.75. The van der Waals surface area contributed by atoms with E-state index in [-0.39, 0.29) is 11.7 Å². The van der Waals surface area contributed by atoms with E-state index in [1.165, 1.54) is 12.7 Å². The third-order valence-electron chi connectivity index (χ3n) is 3.23. The van der Waals surface area contributed by atoms with Crippen molar-refractivity contribution in [2.45, 2.75) is 39.2 Å². The highest BCUT2D eigenvalue weighted by Crippen LogP contribution is 2.34. The lowest BCUT2D eigenvalue weighted by Crippen LogP contribution is -2.33. The van der Waals surface area contributed by atoms with Gasteiger partial charge in [-0.05, 0) is 37.0 Å². The van der Waals surface area contributed by atoms with Crippen LogP contribution < -0.4 is 0 Å². The van der Waals surface area contributed by atoms with Crippen molar-refractivity contribution < 1.29 is 13.5 Å². The summed E-state index contributed by atoms with van der Waals surface area (Å²) in [5.41, 5.74) is 0. The van der Waals surface area contributed by atoms with Gasteiger partial charge in [0.2, 0.25) is 0 Å². The van der Waals surface area contributed by atoms with Crippen molar-refractivity contribution in [1.29, 1.82) is 0 Å². The van der Waals surface area contributed by atoms with E-state index in [9.17, 15) is 13.5 Å². The average Bonchev–Trinajstić information content (AvgIpc) is 1.98. The number of aliphatic hydroxyl groups excluding tert-OH is 1. The minimum absolute atomic E-state index is 0.0862. The predicted octanol–water partition coefficient (Wildman–Crippen LogP) is 1.46. The van der Waals surface area contributed by atoms with Crippen LogP contribution in [0.25, 0.3) is 0 Å². The Morgan fingerprint density at radius 3 is 2.07 bits per heavy atom. The molecule has 1 aliphatic carbocycles. The van der Waals surface area contributed by atoms with Gasteiger partial charge in [0.05, 0.1) is 11.9 Å². The van der Waals surface area contributed by atoms with Gasteiger partial charge in [0, 0.05) is 6.26 Å². The lowest BCUT2D eigenvalue weighted by molar-refractivity contribution is 0.0712. The Bertz CT molecular complexity index is 287. The van der Waals surface area contributed by atoms with Gasteiger partial charge in [-0.3, -0.25) is 0 Å². The highest BCUT2D eigenvalue weighted by atomic mass is 32.2. The molecule has 0 aromatic rings. The molecular weight excluding hydrogens is 212 g/mol. The van der Waals surface area contributed by atoms with E-state index in [2.05, 4.69) is 13.8 Å². The normalized spacial score (nSPS) is 35.1. The minimum Gasteiger partial charge on any atom is -0.392 e. The summed E-state index contributed by atoms with van der Waals surface area (Å²) < 4.78 is 22.2. The van der Waals surface area contributed by atoms with Crippen molar-refractivity contribution in [3.63, 3.8) is 0 Å². The summed E-state index contributed by atoms with van der Waals surface area (Å²) in [7, 11) is -3.06. The van der Waals surface area contributed by atoms with Crippen LogP contribution in [0.5, 0.6) is 0 Å². The lowest BCUT2D eigenvalue weighted by Gasteiger charge is -2.34. The molecule has 4 heteroatoms. The summed E-state index contributed by atoms with van der Waals surface area (Å²) >= 11 is 0. The largest absolute Gasteiger partial charge is 0.392 e. The van der Waals surface area contributed by atoms with Crippen LogP contribution in [0.2, 0.25) is 0 Å². The first-order valence-electron chi connectivity index (χ1n) is 5.63. The van der Waals surface area contributed by atoms with Crippen LogP contribution >= 0.6 is 0 Å². The zero-order valence-corrected chi connectivity index (χ0v) is 10.6. The Hall–Kier alpha value is -0.0900. The molecule has 1 aliphatic rings. The second kappa shape index (κ2) is 4.83. The minimum atomic E-state index is -3.06. The molecule has 0 aliphatic heterocycles. The van der Waals surface area contributed by atoms with Crippen molar-refractivity contribution in [3.8, 4) is 0 Å². The molecule has 90 valence electrons. The Morgan fingerprint density at radius 1 is 1.20 bits per heavy atom. The van der Waals surface area contributed by atoms with Crippen molar-refractivity contribution >= 4 is 9.84 Å². The molecule has 0 bridgehead atoms. The van der Waals surface area contributed by atoms with Crippen molar-refractivity contribution in [2.24, 2.45) is 17.8 Å². The highest BCUT2D eigenvalue weighted by molar-refractivity contribution is 7.90. The second-order valence-corrected chi connectivity index (χ2v) is 7.52. The molecule has 0 spiro atoms. The predicted molar refractivity (Wildman–Crippen MR) is 61.4 cm³/mol. The van der Waals surface area contributed by atoms with Crippen LogP contribution in [0, 0.1) is 17.8 Å². The maximum atomic E-state index is 11.1. The average molecular weight is 234 g/mol. The van der Waals surface area contributed by atoms with Crippen LogP contribution in [0.3, 0.4) is 0 Å². The van der Waals surface area contributed by atoms with E-state index in [0.717, 1.165) is 12.8 Å². The second-order valence-electron chi connectivity index (χ2n) is 5.34. The maximum absolute atomic E-state index is 11.1. The third-order valence-corrected chi connectivity index (χ3v) is 4.18. The summed E-state index contributed by atoms with van der Waals surface area (Å²) in [6, 6.07) is 0. The van der Waals surface area contributed by atoms with Gasteiger partial charge in [-0.25, -0.2) is 8.42 Å². The first-order valence-corrected chi connectivity index (χ1v) is 7.69. The quantitative estimate of drug-likeness (QED) is 0.804. The molecular formula is C11H22O3S. The smallest absolute Gasteiger partial charge is 0.150 e. The van der Waals surface area contributed by atoms with E-state index < -0.39 is 15.9 Å². The fourth-order valence-corrected chi connectivity index (χ4v) is 3.66. The summed E-state index contributed by atoms with van der Waals surface area (Å²) in [6.45, 7) is 4.35. The molecule has 15 heavy (non-hydrogen) atoms. The number of aliphatic hydroxyl groups is 1. The van der Waals surface area contributed by atoms with Crippen molar-refractivity contribution in [3.05, 3.63) is 0 Å². The van der Waals surface area contributed by atoms with Gasteiger partial charge in [0.15, 0.2) is 0 Å². The van der Waals surface area contributed by atoms with Gasteiger partial charge >= 0.3 is 0 Å². The van der Waals surface area contributed by atoms with Crippen LogP contribution in [0.1, 0.15) is 33.1 Å². The molecule has 0 aromatic carbocycles. The standard InChI is InChI=1S/C11H22O3S/c1-8-4-9(2)6-10(5-8)11(12)7-15(3,13)14/h8-12H,4-7H2,1-3H3. The van der Waals surface area contributed by atoms with Crippen molar-refractivity contribution in [2.75, 3.05) is 12.0 Å². The number of sulfone groups is 1. The fourth-order valence-electron chi connectivity index (χ4n) is 2.77. The number of hydrogen-bond donors (Lipinski definition) is 1. The number of hydrogen-bond acceptors (Lipinski definition) is 3. The van der Waals surface area contributed by atoms with Gasteiger partial charge in [-0.15, -0.1) is 0 Å². The molecule has 0 aromatic heterocycles. The van der Waals surface area contributed by atoms with E-state index in [4.69, 9.17) is 0 Å². The SMILES string of the molecule is CC1CC(C)CC(C(O)CS(C)(=O)=O)C1. The molecule has 1 rings (SSSR count). The third kappa shape index (κ3) is 4.51. The first kappa shape index (κ1) is 13.0. The highest BCUT2D eigenvalue weighted by Gasteiger charge is 2.30. The summed E-state index contributed by atoms with van der Waals surface area (Å²) in [6.07, 6.45) is 3.63. The molecule has 0 radical (unpaired) electrons. The molecule has 0 heterocycles. The molecule has 3 unspecified atom stereocenters. The fraction of sp³-hybridized carbons (Fsp3) is 1.00. The van der Waals surface area contributed by atoms with Crippen LogP contribution in [-0.4, -0.2) is 31.6 Å². The molecule has 3 nitrogen and oxygen atoms in total. The Balaban J connectivity index is 2.55. The Morgan fingerprint density at radius 2 is 1.67 bits per heavy atom. The van der Waals surface area contributed by atoms with Gasteiger partial charge < -0.3 is 5.11 Å².